The molecule has 0 unspecified atom stereocenters. The van der Waals surface area contributed by atoms with E-state index in [0.717, 1.165) is 23.3 Å². The maximum atomic E-state index is 14.8. The Kier molecular flexibility index (Phi) is 12.6. The highest BCUT2D eigenvalue weighted by Gasteiger charge is 2.40. The molecule has 3 heterocycles. The largest absolute Gasteiger partial charge is 0.417 e. The Morgan fingerprint density at radius 3 is 1.23 bits per heavy atom. The highest BCUT2D eigenvalue weighted by Crippen LogP contribution is 2.49. The van der Waals surface area contributed by atoms with Gasteiger partial charge in [-0.15, -0.1) is 0 Å². The third kappa shape index (κ3) is 9.36. The van der Waals surface area contributed by atoms with E-state index in [1.165, 1.54) is 12.1 Å². The normalized spacial score (nSPS) is 12.5. The van der Waals surface area contributed by atoms with Crippen molar-refractivity contribution in [3.05, 3.63) is 253 Å². The molecule has 84 heavy (non-hydrogen) atoms. The van der Waals surface area contributed by atoms with E-state index < -0.39 is 58.1 Å². The minimum Gasteiger partial charge on any atom is -0.309 e. The van der Waals surface area contributed by atoms with Crippen molar-refractivity contribution in [2.75, 3.05) is 0 Å². The molecule has 16 heteroatoms. The van der Waals surface area contributed by atoms with E-state index >= 15 is 0 Å². The highest BCUT2D eigenvalue weighted by atomic mass is 19.4. The van der Waals surface area contributed by atoms with Crippen molar-refractivity contribution in [1.82, 2.24) is 19.1 Å². The van der Waals surface area contributed by atoms with Crippen molar-refractivity contribution in [3.63, 3.8) is 0 Å². The molecule has 3 aromatic heterocycles. The van der Waals surface area contributed by atoms with Gasteiger partial charge in [0.1, 0.15) is 0 Å². The predicted molar refractivity (Wildman–Crippen MR) is 303 cm³/mol. The number of para-hydroxylation sites is 3. The Balaban J connectivity index is 1.10. The minimum absolute atomic E-state index is 0.0242. The lowest BCUT2D eigenvalue weighted by Gasteiger charge is -2.22. The highest BCUT2D eigenvalue weighted by molar-refractivity contribution is 6.13. The summed E-state index contributed by atoms with van der Waals surface area (Å²) in [6.45, 7) is 0. The predicted octanol–water partition coefficient (Wildman–Crippen LogP) is 20.7. The van der Waals surface area contributed by atoms with Crippen molar-refractivity contribution in [2.24, 2.45) is 0 Å². The molecule has 0 spiro atoms. The molecule has 0 amide bonds. The summed E-state index contributed by atoms with van der Waals surface area (Å²) in [5.41, 5.74) is 1.25. The fraction of sp³-hybridized carbons (Fsp3) is 0.0588. The van der Waals surface area contributed by atoms with Crippen LogP contribution in [0.1, 0.15) is 22.3 Å². The maximum absolute atomic E-state index is 14.8. The lowest BCUT2D eigenvalue weighted by molar-refractivity contribution is -0.144. The molecule has 414 valence electrons. The van der Waals surface area contributed by atoms with Crippen LogP contribution in [0.3, 0.4) is 0 Å². The first-order valence-electron chi connectivity index (χ1n) is 26.1. The van der Waals surface area contributed by atoms with Crippen LogP contribution in [0.25, 0.3) is 122 Å². The molecule has 0 N–H and O–H groups in total. The first-order chi connectivity index (χ1) is 40.2. The van der Waals surface area contributed by atoms with Gasteiger partial charge >= 0.3 is 24.7 Å². The van der Waals surface area contributed by atoms with Crippen LogP contribution in [0.5, 0.6) is 0 Å². The molecule has 0 aliphatic rings. The monoisotopic (exact) mass is 1140 g/mol. The molecule has 0 atom stereocenters. The molecular formula is C68H38F12N4. The average molecular weight is 1140 g/mol. The van der Waals surface area contributed by atoms with E-state index in [4.69, 9.17) is 9.97 Å². The van der Waals surface area contributed by atoms with Crippen molar-refractivity contribution in [2.45, 2.75) is 24.7 Å². The summed E-state index contributed by atoms with van der Waals surface area (Å²) < 4.78 is 176. The number of hydrogen-bond donors (Lipinski definition) is 0. The van der Waals surface area contributed by atoms with E-state index in [0.29, 0.717) is 101 Å². The Labute approximate surface area is 469 Å². The molecular weight excluding hydrogens is 1100 g/mol. The number of nitrogens with zero attached hydrogens (tertiary/aromatic N) is 4. The van der Waals surface area contributed by atoms with Crippen molar-refractivity contribution in [1.29, 1.82) is 0 Å². The molecule has 0 aliphatic carbocycles. The molecule has 10 aromatic carbocycles. The summed E-state index contributed by atoms with van der Waals surface area (Å²) in [5.74, 6) is 0.405. The van der Waals surface area contributed by atoms with Crippen LogP contribution in [0.2, 0.25) is 0 Å². The van der Waals surface area contributed by atoms with Gasteiger partial charge in [-0.1, -0.05) is 152 Å². The summed E-state index contributed by atoms with van der Waals surface area (Å²) in [6, 6.07) is 60.9. The number of alkyl halides is 12. The van der Waals surface area contributed by atoms with Gasteiger partial charge in [0, 0.05) is 49.4 Å². The number of halogens is 12. The van der Waals surface area contributed by atoms with Gasteiger partial charge in [-0.2, -0.15) is 52.7 Å². The van der Waals surface area contributed by atoms with Gasteiger partial charge < -0.3 is 9.13 Å². The number of hydrogen-bond acceptors (Lipinski definition) is 2. The van der Waals surface area contributed by atoms with Crippen LogP contribution in [0, 0.1) is 0 Å². The van der Waals surface area contributed by atoms with Crippen LogP contribution in [-0.4, -0.2) is 19.1 Å². The SMILES string of the molecule is FC(F)(F)c1ccc(-c2ccc3c(c2)c2ccccc2n3-c2ccccc2-c2c(-c3cc(-c4ccccc4)nc(-c4ccccc4)n3)cccc2-n2c3ccccc3c3cc(-c4ccc(C(F)(F)F)cc4C(F)(F)F)ccc32)c(C(F)(F)F)c1. The van der Waals surface area contributed by atoms with Crippen molar-refractivity contribution in [3.8, 4) is 78.7 Å². The molecule has 0 aliphatic heterocycles. The second kappa shape index (κ2) is 19.9. The van der Waals surface area contributed by atoms with Crippen molar-refractivity contribution < 1.29 is 52.7 Å². The van der Waals surface area contributed by atoms with Gasteiger partial charge in [-0.3, -0.25) is 0 Å². The second-order valence-corrected chi connectivity index (χ2v) is 20.1. The van der Waals surface area contributed by atoms with Crippen molar-refractivity contribution >= 4 is 43.6 Å². The smallest absolute Gasteiger partial charge is 0.309 e. The fourth-order valence-corrected chi connectivity index (χ4v) is 11.4. The summed E-state index contributed by atoms with van der Waals surface area (Å²) >= 11 is 0. The van der Waals surface area contributed by atoms with Crippen LogP contribution in [0.4, 0.5) is 52.7 Å². The number of rotatable bonds is 8. The first kappa shape index (κ1) is 53.4. The van der Waals surface area contributed by atoms with Gasteiger partial charge in [0.05, 0.1) is 67.1 Å². The lowest BCUT2D eigenvalue weighted by atomic mass is 9.93. The lowest BCUT2D eigenvalue weighted by Crippen LogP contribution is -2.12. The topological polar surface area (TPSA) is 35.6 Å². The Morgan fingerprint density at radius 2 is 0.702 bits per heavy atom. The zero-order chi connectivity index (χ0) is 58.5. The van der Waals surface area contributed by atoms with E-state index in [2.05, 4.69) is 0 Å². The zero-order valence-electron chi connectivity index (χ0n) is 43.3. The van der Waals surface area contributed by atoms with Crippen LogP contribution >= 0.6 is 0 Å². The summed E-state index contributed by atoms with van der Waals surface area (Å²) in [4.78, 5) is 10.3. The molecule has 4 nitrogen and oxygen atoms in total. The summed E-state index contributed by atoms with van der Waals surface area (Å²) in [7, 11) is 0. The van der Waals surface area contributed by atoms with Crippen LogP contribution < -0.4 is 0 Å². The Morgan fingerprint density at radius 1 is 0.274 bits per heavy atom. The van der Waals surface area contributed by atoms with E-state index in [9.17, 15) is 52.7 Å². The molecule has 0 saturated carbocycles. The number of fused-ring (bicyclic) bond motifs is 6. The third-order valence-corrected chi connectivity index (χ3v) is 15.1. The molecule has 13 aromatic rings. The maximum Gasteiger partial charge on any atom is 0.417 e. The second-order valence-electron chi connectivity index (χ2n) is 20.1. The summed E-state index contributed by atoms with van der Waals surface area (Å²) in [6.07, 6.45) is -20.4. The Bertz CT molecular complexity index is 4670. The standard InChI is InChI=1S/C68H38F12N4/c69-65(70,71)43-28-30-45(53(36-43)67(75,76)77)41-26-32-60-51(34-41)47-18-7-10-22-57(47)83(60)59-24-12-9-20-50(59)63-49(56-38-55(39-14-3-1-4-15-39)81-64(82-56)40-16-5-2-6-17-40)21-13-25-62(63)84-58-23-11-8-19-48(58)52-35-42(27-33-61(52)84)46-31-29-44(66(72,73)74)37-54(46)68(78,79)80/h1-38H. The van der Waals surface area contributed by atoms with E-state index in [1.54, 1.807) is 36.4 Å². The van der Waals surface area contributed by atoms with Crippen LogP contribution in [-0.2, 0) is 24.7 Å². The van der Waals surface area contributed by atoms with E-state index in [1.807, 2.05) is 155 Å². The third-order valence-electron chi connectivity index (χ3n) is 15.1. The number of benzene rings is 10. The first-order valence-corrected chi connectivity index (χ1v) is 26.1. The molecule has 0 bridgehead atoms. The molecule has 0 radical (unpaired) electrons. The van der Waals surface area contributed by atoms with E-state index in [-0.39, 0.29) is 23.3 Å². The quantitative estimate of drug-likeness (QED) is 0.142. The van der Waals surface area contributed by atoms with Gasteiger partial charge in [0.25, 0.3) is 0 Å². The van der Waals surface area contributed by atoms with Gasteiger partial charge in [-0.05, 0) is 101 Å². The molecule has 13 rings (SSSR count). The minimum atomic E-state index is -5.15. The average Bonchev–Trinajstić information content (AvgIpc) is 2.81. The molecule has 0 fully saturated rings. The molecule has 0 saturated heterocycles. The van der Waals surface area contributed by atoms with Gasteiger partial charge in [-0.25, -0.2) is 9.97 Å². The number of aromatic nitrogens is 4. The van der Waals surface area contributed by atoms with Gasteiger partial charge in [0.15, 0.2) is 5.82 Å². The summed E-state index contributed by atoms with van der Waals surface area (Å²) in [5, 5.41) is 2.21. The van der Waals surface area contributed by atoms with Gasteiger partial charge in [0.2, 0.25) is 0 Å². The zero-order valence-corrected chi connectivity index (χ0v) is 43.3. The Hall–Kier alpha value is -9.96. The van der Waals surface area contributed by atoms with Crippen LogP contribution in [0.15, 0.2) is 231 Å². The fourth-order valence-electron chi connectivity index (χ4n) is 11.4.